The molecular formula is C24H20N4O6. The molecule has 10 heteroatoms. The van der Waals surface area contributed by atoms with Gasteiger partial charge in [0.25, 0.3) is 17.1 Å². The number of hydrogen-bond donors (Lipinski definition) is 0. The second kappa shape index (κ2) is 8.47. The second-order valence-corrected chi connectivity index (χ2v) is 7.96. The average molecular weight is 460 g/mol. The highest BCUT2D eigenvalue weighted by molar-refractivity contribution is 6.28. The number of rotatable bonds is 6. The molecule has 0 fully saturated rings. The fourth-order valence-electron chi connectivity index (χ4n) is 4.41. The molecule has 0 unspecified atom stereocenters. The summed E-state index contributed by atoms with van der Waals surface area (Å²) < 4.78 is 0. The zero-order valence-electron chi connectivity index (χ0n) is 18.7. The van der Waals surface area contributed by atoms with Crippen LogP contribution >= 0.6 is 0 Å². The van der Waals surface area contributed by atoms with Crippen LogP contribution in [0.4, 0.5) is 22.7 Å². The minimum Gasteiger partial charge on any atom is -0.258 e. The zero-order valence-corrected chi connectivity index (χ0v) is 18.7. The Morgan fingerprint density at radius 3 is 1.79 bits per heavy atom. The van der Waals surface area contributed by atoms with Gasteiger partial charge in [0.15, 0.2) is 0 Å². The van der Waals surface area contributed by atoms with Crippen LogP contribution in [0.3, 0.4) is 0 Å². The molecule has 0 heterocycles. The second-order valence-electron chi connectivity index (χ2n) is 7.96. The number of para-hydroxylation sites is 1. The van der Waals surface area contributed by atoms with E-state index in [1.807, 2.05) is 32.0 Å². The van der Waals surface area contributed by atoms with E-state index < -0.39 is 26.1 Å². The summed E-state index contributed by atoms with van der Waals surface area (Å²) in [5.41, 5.74) is 2.51. The van der Waals surface area contributed by atoms with E-state index in [1.165, 1.54) is 12.1 Å². The Morgan fingerprint density at radius 2 is 1.29 bits per heavy atom. The predicted molar refractivity (Wildman–Crippen MR) is 127 cm³/mol. The van der Waals surface area contributed by atoms with Gasteiger partial charge in [-0.3, -0.25) is 30.3 Å². The quantitative estimate of drug-likeness (QED) is 0.255. The van der Waals surface area contributed by atoms with Gasteiger partial charge in [-0.1, -0.05) is 32.0 Å². The van der Waals surface area contributed by atoms with Crippen LogP contribution < -0.4 is 0 Å². The van der Waals surface area contributed by atoms with Gasteiger partial charge in [-0.15, -0.1) is 0 Å². The third-order valence-corrected chi connectivity index (χ3v) is 5.92. The van der Waals surface area contributed by atoms with E-state index >= 15 is 0 Å². The van der Waals surface area contributed by atoms with Gasteiger partial charge in [-0.2, -0.15) is 0 Å². The molecule has 0 saturated carbocycles. The van der Waals surface area contributed by atoms with Crippen molar-refractivity contribution in [3.8, 4) is 11.1 Å². The lowest BCUT2D eigenvalue weighted by molar-refractivity contribution is -0.394. The highest BCUT2D eigenvalue weighted by atomic mass is 16.6. The van der Waals surface area contributed by atoms with E-state index in [2.05, 4.69) is 0 Å². The van der Waals surface area contributed by atoms with Gasteiger partial charge in [-0.05, 0) is 42.5 Å². The number of benzene rings is 3. The van der Waals surface area contributed by atoms with Gasteiger partial charge >= 0.3 is 0 Å². The Hall–Kier alpha value is -4.47. The molecule has 0 atom stereocenters. The number of aliphatic imine (C=N–C) groups is 1. The summed E-state index contributed by atoms with van der Waals surface area (Å²) in [6, 6.07) is 10.8. The van der Waals surface area contributed by atoms with E-state index in [9.17, 15) is 30.3 Å². The molecule has 0 spiro atoms. The third-order valence-electron chi connectivity index (χ3n) is 5.92. The van der Waals surface area contributed by atoms with Crippen molar-refractivity contribution in [2.75, 3.05) is 0 Å². The molecule has 1 aliphatic rings. The summed E-state index contributed by atoms with van der Waals surface area (Å²) in [4.78, 5) is 38.3. The van der Waals surface area contributed by atoms with E-state index in [-0.39, 0.29) is 28.1 Å². The number of nitro groups is 3. The largest absolute Gasteiger partial charge is 0.285 e. The number of nitro benzene ring substituents is 3. The average Bonchev–Trinajstić information content (AvgIpc) is 3.10. The lowest BCUT2D eigenvalue weighted by Gasteiger charge is -2.11. The monoisotopic (exact) mass is 460 g/mol. The minimum absolute atomic E-state index is 0.0249. The highest BCUT2D eigenvalue weighted by Crippen LogP contribution is 2.50. The number of non-ortho nitro benzene ring substituents is 1. The first-order valence-corrected chi connectivity index (χ1v) is 10.6. The number of aryl methyl sites for hydroxylation is 3. The first-order valence-electron chi connectivity index (χ1n) is 10.6. The van der Waals surface area contributed by atoms with Crippen molar-refractivity contribution >= 4 is 28.5 Å². The van der Waals surface area contributed by atoms with Crippen LogP contribution in [0.2, 0.25) is 0 Å². The van der Waals surface area contributed by atoms with Gasteiger partial charge in [0, 0.05) is 23.3 Å². The maximum atomic E-state index is 11.9. The summed E-state index contributed by atoms with van der Waals surface area (Å²) in [6.07, 6.45) is 1.34. The maximum Gasteiger partial charge on any atom is 0.285 e. The van der Waals surface area contributed by atoms with Crippen LogP contribution in [0, 0.1) is 37.3 Å². The number of hydrogen-bond acceptors (Lipinski definition) is 7. The molecule has 10 nitrogen and oxygen atoms in total. The summed E-state index contributed by atoms with van der Waals surface area (Å²) in [5, 5.41) is 35.4. The van der Waals surface area contributed by atoms with Gasteiger partial charge in [-0.25, -0.2) is 4.99 Å². The first-order chi connectivity index (χ1) is 16.2. The smallest absolute Gasteiger partial charge is 0.258 e. The molecule has 172 valence electrons. The molecule has 4 rings (SSSR count). The summed E-state index contributed by atoms with van der Waals surface area (Å²) in [5.74, 6) is 0. The van der Waals surface area contributed by atoms with Crippen molar-refractivity contribution in [1.29, 1.82) is 0 Å². The van der Waals surface area contributed by atoms with Crippen molar-refractivity contribution in [2.24, 2.45) is 4.99 Å². The van der Waals surface area contributed by atoms with E-state index in [4.69, 9.17) is 4.99 Å². The van der Waals surface area contributed by atoms with Gasteiger partial charge in [0.05, 0.1) is 43.4 Å². The normalized spacial score (nSPS) is 13.0. The lowest BCUT2D eigenvalue weighted by Crippen LogP contribution is -2.02. The van der Waals surface area contributed by atoms with Crippen molar-refractivity contribution in [1.82, 2.24) is 0 Å². The number of fused-ring (bicyclic) bond motifs is 3. The van der Waals surface area contributed by atoms with E-state index in [0.29, 0.717) is 29.7 Å². The molecule has 0 aromatic heterocycles. The Morgan fingerprint density at radius 1 is 0.765 bits per heavy atom. The SMILES string of the molecule is CCc1cccc(CC)c1N=C1c2cc(C)cc([N+](=O)[O-])c2-c2c1cc([N+](=O)[O-])cc2[N+](=O)[O-]. The van der Waals surface area contributed by atoms with Crippen molar-refractivity contribution < 1.29 is 14.8 Å². The summed E-state index contributed by atoms with van der Waals surface area (Å²) in [7, 11) is 0. The molecule has 34 heavy (non-hydrogen) atoms. The van der Waals surface area contributed by atoms with Gasteiger partial charge in [0.1, 0.15) is 0 Å². The molecule has 3 aromatic rings. The standard InChI is InChI=1S/C24H20N4O6/c1-4-14-7-6-8-15(5-2)23(14)25-24-17-9-13(3)10-19(27(31)32)21(17)22-18(24)11-16(26(29)30)12-20(22)28(33)34/h6-12H,4-5H2,1-3H3. The molecule has 0 N–H and O–H groups in total. The van der Waals surface area contributed by atoms with Crippen LogP contribution in [0.1, 0.15) is 41.7 Å². The van der Waals surface area contributed by atoms with Crippen LogP contribution in [0.15, 0.2) is 47.5 Å². The van der Waals surface area contributed by atoms with Crippen LogP contribution in [0.5, 0.6) is 0 Å². The zero-order chi connectivity index (χ0) is 24.7. The van der Waals surface area contributed by atoms with E-state index in [1.54, 1.807) is 13.0 Å². The van der Waals surface area contributed by atoms with Crippen molar-refractivity contribution in [3.05, 3.63) is 101 Å². The highest BCUT2D eigenvalue weighted by Gasteiger charge is 2.39. The Bertz CT molecular complexity index is 1410. The lowest BCUT2D eigenvalue weighted by atomic mass is 9.99. The molecule has 0 radical (unpaired) electrons. The molecular weight excluding hydrogens is 440 g/mol. The van der Waals surface area contributed by atoms with Crippen LogP contribution in [-0.2, 0) is 12.8 Å². The Kier molecular flexibility index (Phi) is 5.66. The molecule has 1 aliphatic carbocycles. The molecule has 0 aliphatic heterocycles. The number of nitrogens with zero attached hydrogens (tertiary/aromatic N) is 4. The third kappa shape index (κ3) is 3.58. The maximum absolute atomic E-state index is 11.9. The minimum atomic E-state index is -0.750. The Balaban J connectivity index is 2.20. The van der Waals surface area contributed by atoms with Crippen molar-refractivity contribution in [3.63, 3.8) is 0 Å². The van der Waals surface area contributed by atoms with Crippen LogP contribution in [0.25, 0.3) is 11.1 Å². The van der Waals surface area contributed by atoms with E-state index in [0.717, 1.165) is 17.2 Å². The fourth-order valence-corrected chi connectivity index (χ4v) is 4.41. The molecule has 3 aromatic carbocycles. The van der Waals surface area contributed by atoms with Crippen molar-refractivity contribution in [2.45, 2.75) is 33.6 Å². The molecule has 0 bridgehead atoms. The first kappa shape index (κ1) is 22.7. The molecule has 0 saturated heterocycles. The summed E-state index contributed by atoms with van der Waals surface area (Å²) >= 11 is 0. The van der Waals surface area contributed by atoms with Crippen LogP contribution in [-0.4, -0.2) is 20.5 Å². The topological polar surface area (TPSA) is 142 Å². The summed E-state index contributed by atoms with van der Waals surface area (Å²) in [6.45, 7) is 5.63. The predicted octanol–water partition coefficient (Wildman–Crippen LogP) is 5.99. The van der Waals surface area contributed by atoms with Gasteiger partial charge in [0.2, 0.25) is 0 Å². The van der Waals surface area contributed by atoms with Gasteiger partial charge < -0.3 is 0 Å². The molecule has 0 amide bonds. The Labute approximate surface area is 194 Å². The fraction of sp³-hybridized carbons (Fsp3) is 0.208.